The van der Waals surface area contributed by atoms with E-state index in [1.165, 1.54) is 0 Å². The molecule has 6 heteroatoms. The zero-order chi connectivity index (χ0) is 13.5. The maximum atomic E-state index is 4.35. The Bertz CT molecular complexity index is 481. The Labute approximate surface area is 113 Å². The zero-order valence-electron chi connectivity index (χ0n) is 11.5. The van der Waals surface area contributed by atoms with Gasteiger partial charge in [0.05, 0.1) is 11.9 Å². The molecule has 0 saturated heterocycles. The second kappa shape index (κ2) is 6.94. The summed E-state index contributed by atoms with van der Waals surface area (Å²) in [6.07, 6.45) is 7.39. The van der Waals surface area contributed by atoms with Gasteiger partial charge in [-0.2, -0.15) is 0 Å². The van der Waals surface area contributed by atoms with Crippen molar-refractivity contribution in [3.8, 4) is 0 Å². The first-order chi connectivity index (χ1) is 9.36. The lowest BCUT2D eigenvalue weighted by Crippen LogP contribution is -2.27. The molecule has 0 aliphatic carbocycles. The molecule has 1 N–H and O–H groups in total. The summed E-state index contributed by atoms with van der Waals surface area (Å²) < 4.78 is 1.92. The normalized spacial score (nSPS) is 12.5. The first-order valence-corrected chi connectivity index (χ1v) is 6.75. The lowest BCUT2D eigenvalue weighted by molar-refractivity contribution is 0.492. The van der Waals surface area contributed by atoms with Gasteiger partial charge in [0.1, 0.15) is 6.04 Å². The van der Waals surface area contributed by atoms with Crippen LogP contribution in [0.25, 0.3) is 0 Å². The quantitative estimate of drug-likeness (QED) is 0.818. The number of nitrogens with zero attached hydrogens (tertiary/aromatic N) is 5. The van der Waals surface area contributed by atoms with Crippen molar-refractivity contribution in [3.05, 3.63) is 36.2 Å². The van der Waals surface area contributed by atoms with E-state index >= 15 is 0 Å². The van der Waals surface area contributed by atoms with E-state index in [4.69, 9.17) is 0 Å². The van der Waals surface area contributed by atoms with Crippen LogP contribution in [-0.2, 0) is 6.54 Å². The molecule has 0 bridgehead atoms. The lowest BCUT2D eigenvalue weighted by atomic mass is 10.2. The fraction of sp³-hybridized carbons (Fsp3) is 0.538. The van der Waals surface area contributed by atoms with E-state index in [2.05, 4.69) is 39.4 Å². The van der Waals surface area contributed by atoms with Crippen molar-refractivity contribution in [3.63, 3.8) is 0 Å². The van der Waals surface area contributed by atoms with E-state index in [-0.39, 0.29) is 6.04 Å². The van der Waals surface area contributed by atoms with E-state index in [9.17, 15) is 0 Å². The van der Waals surface area contributed by atoms with Gasteiger partial charge in [-0.25, -0.2) is 14.6 Å². The van der Waals surface area contributed by atoms with Crippen LogP contribution in [0.2, 0.25) is 0 Å². The van der Waals surface area contributed by atoms with E-state index < -0.39 is 0 Å². The fourth-order valence-corrected chi connectivity index (χ4v) is 1.95. The van der Waals surface area contributed by atoms with E-state index in [0.29, 0.717) is 0 Å². The second-order valence-electron chi connectivity index (χ2n) is 4.38. The second-order valence-corrected chi connectivity index (χ2v) is 4.38. The molecular formula is C13H20N6. The summed E-state index contributed by atoms with van der Waals surface area (Å²) in [6, 6.07) is 1.77. The monoisotopic (exact) mass is 260 g/mol. The highest BCUT2D eigenvalue weighted by Gasteiger charge is 2.20. The van der Waals surface area contributed by atoms with Crippen molar-refractivity contribution >= 4 is 0 Å². The average molecular weight is 260 g/mol. The zero-order valence-corrected chi connectivity index (χ0v) is 11.5. The number of rotatable bonds is 7. The molecule has 102 valence electrons. The highest BCUT2D eigenvalue weighted by atomic mass is 15.4. The molecule has 0 radical (unpaired) electrons. The SMILES string of the molecule is CCCNC(c1ncccn1)c1cnnn1CCC. The van der Waals surface area contributed by atoms with E-state index in [1.807, 2.05) is 10.7 Å². The van der Waals surface area contributed by atoms with Crippen LogP contribution in [0.3, 0.4) is 0 Å². The van der Waals surface area contributed by atoms with Gasteiger partial charge >= 0.3 is 0 Å². The molecule has 0 aliphatic rings. The first kappa shape index (κ1) is 13.6. The number of hydrogen-bond acceptors (Lipinski definition) is 5. The molecule has 6 nitrogen and oxygen atoms in total. The Hall–Kier alpha value is -1.82. The first-order valence-electron chi connectivity index (χ1n) is 6.75. The third-order valence-electron chi connectivity index (χ3n) is 2.82. The Kier molecular flexibility index (Phi) is 4.97. The molecule has 1 atom stereocenters. The van der Waals surface area contributed by atoms with Crippen LogP contribution in [0, 0.1) is 0 Å². The molecule has 2 rings (SSSR count). The third kappa shape index (κ3) is 3.35. The Balaban J connectivity index is 2.29. The van der Waals surface area contributed by atoms with Crippen LogP contribution in [0.5, 0.6) is 0 Å². The van der Waals surface area contributed by atoms with Gasteiger partial charge < -0.3 is 5.32 Å². The highest BCUT2D eigenvalue weighted by Crippen LogP contribution is 2.17. The standard InChI is InChI=1S/C13H20N6/c1-3-6-14-12(13-15-7-5-8-16-13)11-10-17-18-19(11)9-4-2/h5,7-8,10,12,14H,3-4,6,9H2,1-2H3. The van der Waals surface area contributed by atoms with Gasteiger partial charge in [-0.05, 0) is 25.5 Å². The van der Waals surface area contributed by atoms with Gasteiger partial charge in [0, 0.05) is 18.9 Å². The molecule has 19 heavy (non-hydrogen) atoms. The summed E-state index contributed by atoms with van der Waals surface area (Å²) >= 11 is 0. The summed E-state index contributed by atoms with van der Waals surface area (Å²) in [6.45, 7) is 6.02. The van der Waals surface area contributed by atoms with Crippen LogP contribution in [-0.4, -0.2) is 31.5 Å². The Morgan fingerprint density at radius 2 is 2.00 bits per heavy atom. The maximum Gasteiger partial charge on any atom is 0.151 e. The van der Waals surface area contributed by atoms with Crippen molar-refractivity contribution in [2.24, 2.45) is 0 Å². The van der Waals surface area contributed by atoms with Gasteiger partial charge in [0.25, 0.3) is 0 Å². The lowest BCUT2D eigenvalue weighted by Gasteiger charge is -2.17. The average Bonchev–Trinajstić information content (AvgIpc) is 2.89. The third-order valence-corrected chi connectivity index (χ3v) is 2.82. The largest absolute Gasteiger partial charge is 0.302 e. The number of hydrogen-bond donors (Lipinski definition) is 1. The van der Waals surface area contributed by atoms with E-state index in [1.54, 1.807) is 18.6 Å². The topological polar surface area (TPSA) is 68.5 Å². The minimum atomic E-state index is -0.0531. The smallest absolute Gasteiger partial charge is 0.151 e. The number of aromatic nitrogens is 5. The van der Waals surface area contributed by atoms with Crippen LogP contribution in [0.1, 0.15) is 44.2 Å². The van der Waals surface area contributed by atoms with Gasteiger partial charge in [-0.1, -0.05) is 19.1 Å². The molecule has 0 aromatic carbocycles. The summed E-state index contributed by atoms with van der Waals surface area (Å²) in [5.74, 6) is 0.760. The minimum absolute atomic E-state index is 0.0531. The summed E-state index contributed by atoms with van der Waals surface area (Å²) in [5.41, 5.74) is 1.02. The predicted octanol–water partition coefficient (Wildman–Crippen LogP) is 1.57. The summed E-state index contributed by atoms with van der Waals surface area (Å²) in [4.78, 5) is 8.69. The maximum absolute atomic E-state index is 4.35. The highest BCUT2D eigenvalue weighted by molar-refractivity contribution is 5.14. The van der Waals surface area contributed by atoms with Crippen LogP contribution < -0.4 is 5.32 Å². The molecule has 0 spiro atoms. The molecule has 2 aromatic heterocycles. The molecule has 0 saturated carbocycles. The van der Waals surface area contributed by atoms with Crippen LogP contribution in [0.15, 0.2) is 24.7 Å². The predicted molar refractivity (Wildman–Crippen MR) is 72.5 cm³/mol. The van der Waals surface area contributed by atoms with Crippen LogP contribution >= 0.6 is 0 Å². The van der Waals surface area contributed by atoms with Gasteiger partial charge in [-0.15, -0.1) is 5.10 Å². The van der Waals surface area contributed by atoms with Crippen LogP contribution in [0.4, 0.5) is 0 Å². The number of aryl methyl sites for hydroxylation is 1. The molecule has 2 heterocycles. The van der Waals surface area contributed by atoms with Crippen molar-refractivity contribution in [1.82, 2.24) is 30.3 Å². The van der Waals surface area contributed by atoms with Crippen molar-refractivity contribution < 1.29 is 0 Å². The van der Waals surface area contributed by atoms with Gasteiger partial charge in [-0.3, -0.25) is 0 Å². The molecule has 0 aliphatic heterocycles. The molecular weight excluding hydrogens is 240 g/mol. The van der Waals surface area contributed by atoms with Gasteiger partial charge in [0.15, 0.2) is 5.82 Å². The van der Waals surface area contributed by atoms with Crippen molar-refractivity contribution in [2.45, 2.75) is 39.3 Å². The summed E-state index contributed by atoms with van der Waals surface area (Å²) in [5, 5.41) is 11.6. The molecule has 1 unspecified atom stereocenters. The Morgan fingerprint density at radius 3 is 2.68 bits per heavy atom. The molecule has 2 aromatic rings. The summed E-state index contributed by atoms with van der Waals surface area (Å²) in [7, 11) is 0. The van der Waals surface area contributed by atoms with Crippen molar-refractivity contribution in [2.75, 3.05) is 6.54 Å². The fourth-order valence-electron chi connectivity index (χ4n) is 1.95. The molecule has 0 fully saturated rings. The molecule has 0 amide bonds. The Morgan fingerprint density at radius 1 is 1.21 bits per heavy atom. The minimum Gasteiger partial charge on any atom is -0.302 e. The number of nitrogens with one attached hydrogen (secondary N) is 1. The van der Waals surface area contributed by atoms with Gasteiger partial charge in [0.2, 0.25) is 0 Å². The van der Waals surface area contributed by atoms with E-state index in [0.717, 1.165) is 37.4 Å². The van der Waals surface area contributed by atoms with Crippen molar-refractivity contribution in [1.29, 1.82) is 0 Å².